The van der Waals surface area contributed by atoms with Crippen molar-refractivity contribution in [3.63, 3.8) is 0 Å². The van der Waals surface area contributed by atoms with E-state index in [1.807, 2.05) is 48.7 Å². The van der Waals surface area contributed by atoms with Crippen LogP contribution in [0.3, 0.4) is 0 Å². The summed E-state index contributed by atoms with van der Waals surface area (Å²) in [7, 11) is 0. The lowest BCUT2D eigenvalue weighted by Crippen LogP contribution is -1.94. The second-order valence-corrected chi connectivity index (χ2v) is 4.31. The fourth-order valence-corrected chi connectivity index (χ4v) is 1.74. The van der Waals surface area contributed by atoms with Crippen LogP contribution in [-0.4, -0.2) is 9.97 Å². The number of pyridine rings is 1. The van der Waals surface area contributed by atoms with E-state index in [1.54, 1.807) is 6.20 Å². The lowest BCUT2D eigenvalue weighted by molar-refractivity contribution is 1.02. The van der Waals surface area contributed by atoms with E-state index in [0.29, 0.717) is 6.54 Å². The van der Waals surface area contributed by atoms with Crippen molar-refractivity contribution < 1.29 is 0 Å². The van der Waals surface area contributed by atoms with Gasteiger partial charge in [0.1, 0.15) is 0 Å². The zero-order valence-corrected chi connectivity index (χ0v) is 10.8. The number of H-pyrrole nitrogens is 1. The molecule has 1 aromatic carbocycles. The molecule has 0 bridgehead atoms. The standard InChI is InChI=1S/C8H9N3.C6H6S/c9-4-7-3-6-5-10-2-1-8(6)11-7;7-6-4-2-1-3-5-6/h1-3,5,11H,4,9H2;1-5,7H. The van der Waals surface area contributed by atoms with Crippen LogP contribution >= 0.6 is 12.6 Å². The van der Waals surface area contributed by atoms with Crippen molar-refractivity contribution in [2.24, 2.45) is 5.73 Å². The maximum Gasteiger partial charge on any atom is 0.0487 e. The molecule has 3 N–H and O–H groups in total. The first kappa shape index (κ1) is 12.7. The van der Waals surface area contributed by atoms with Gasteiger partial charge in [0.2, 0.25) is 0 Å². The summed E-state index contributed by atoms with van der Waals surface area (Å²) in [6.07, 6.45) is 3.59. The molecule has 4 heteroatoms. The molecular formula is C14H15N3S. The molecule has 18 heavy (non-hydrogen) atoms. The van der Waals surface area contributed by atoms with E-state index >= 15 is 0 Å². The molecule has 0 radical (unpaired) electrons. The summed E-state index contributed by atoms with van der Waals surface area (Å²) in [4.78, 5) is 8.20. The molecule has 0 saturated heterocycles. The Morgan fingerprint density at radius 2 is 1.94 bits per heavy atom. The van der Waals surface area contributed by atoms with Gasteiger partial charge in [-0.1, -0.05) is 18.2 Å². The number of hydrogen-bond donors (Lipinski definition) is 3. The van der Waals surface area contributed by atoms with Crippen molar-refractivity contribution in [1.29, 1.82) is 0 Å². The van der Waals surface area contributed by atoms with Gasteiger partial charge in [-0.05, 0) is 24.3 Å². The Morgan fingerprint density at radius 1 is 1.17 bits per heavy atom. The first-order chi connectivity index (χ1) is 8.79. The molecule has 0 amide bonds. The second-order valence-electron chi connectivity index (χ2n) is 3.80. The lowest BCUT2D eigenvalue weighted by atomic mass is 10.3. The van der Waals surface area contributed by atoms with Gasteiger partial charge < -0.3 is 10.7 Å². The molecule has 3 nitrogen and oxygen atoms in total. The molecule has 0 aliphatic heterocycles. The lowest BCUT2D eigenvalue weighted by Gasteiger charge is -1.85. The largest absolute Gasteiger partial charge is 0.357 e. The third-order valence-electron chi connectivity index (χ3n) is 2.45. The van der Waals surface area contributed by atoms with Crippen LogP contribution in [0.15, 0.2) is 59.8 Å². The molecular weight excluding hydrogens is 242 g/mol. The number of benzene rings is 1. The topological polar surface area (TPSA) is 54.7 Å². The zero-order valence-electron chi connectivity index (χ0n) is 9.88. The molecule has 92 valence electrons. The molecule has 0 saturated carbocycles. The average Bonchev–Trinajstić information content (AvgIpc) is 2.83. The fraction of sp³-hybridized carbons (Fsp3) is 0.0714. The maximum atomic E-state index is 5.46. The predicted molar refractivity (Wildman–Crippen MR) is 77.7 cm³/mol. The van der Waals surface area contributed by atoms with Crippen molar-refractivity contribution in [1.82, 2.24) is 9.97 Å². The zero-order chi connectivity index (χ0) is 12.8. The minimum atomic E-state index is 0.550. The SMILES string of the molecule is NCc1cc2cnccc2[nH]1.Sc1ccccc1. The molecule has 0 unspecified atom stereocenters. The van der Waals surface area contributed by atoms with Gasteiger partial charge in [0.25, 0.3) is 0 Å². The summed E-state index contributed by atoms with van der Waals surface area (Å²) in [6, 6.07) is 13.7. The highest BCUT2D eigenvalue weighted by Crippen LogP contribution is 2.12. The van der Waals surface area contributed by atoms with Crippen LogP contribution in [0.5, 0.6) is 0 Å². The molecule has 0 spiro atoms. The van der Waals surface area contributed by atoms with E-state index in [0.717, 1.165) is 21.5 Å². The van der Waals surface area contributed by atoms with Crippen molar-refractivity contribution in [3.05, 3.63) is 60.6 Å². The van der Waals surface area contributed by atoms with E-state index < -0.39 is 0 Å². The molecule has 0 aliphatic carbocycles. The van der Waals surface area contributed by atoms with E-state index in [4.69, 9.17) is 5.73 Å². The van der Waals surface area contributed by atoms with Crippen molar-refractivity contribution in [3.8, 4) is 0 Å². The fourth-order valence-electron chi connectivity index (χ4n) is 1.57. The number of rotatable bonds is 1. The van der Waals surface area contributed by atoms with Crippen LogP contribution in [0.25, 0.3) is 10.9 Å². The number of aromatic nitrogens is 2. The van der Waals surface area contributed by atoms with Crippen LogP contribution in [0, 0.1) is 0 Å². The Kier molecular flexibility index (Phi) is 4.39. The number of hydrogen-bond acceptors (Lipinski definition) is 3. The Bertz CT molecular complexity index is 572. The molecule has 3 rings (SSSR count). The van der Waals surface area contributed by atoms with Crippen LogP contribution < -0.4 is 5.73 Å². The van der Waals surface area contributed by atoms with E-state index in [2.05, 4.69) is 22.6 Å². The number of nitrogens with one attached hydrogen (secondary N) is 1. The molecule has 3 aromatic rings. The molecule has 2 heterocycles. The quantitative estimate of drug-likeness (QED) is 0.587. The Morgan fingerprint density at radius 3 is 2.50 bits per heavy atom. The monoisotopic (exact) mass is 257 g/mol. The van der Waals surface area contributed by atoms with Crippen molar-refractivity contribution >= 4 is 23.5 Å². The Labute approximate surface area is 111 Å². The maximum absolute atomic E-state index is 5.46. The number of fused-ring (bicyclic) bond motifs is 1. The summed E-state index contributed by atoms with van der Waals surface area (Å²) in [5, 5.41) is 1.12. The number of nitrogens with zero attached hydrogens (tertiary/aromatic N) is 1. The van der Waals surface area contributed by atoms with Gasteiger partial charge in [-0.25, -0.2) is 0 Å². The van der Waals surface area contributed by atoms with Crippen LogP contribution in [0.4, 0.5) is 0 Å². The van der Waals surface area contributed by atoms with E-state index in [-0.39, 0.29) is 0 Å². The van der Waals surface area contributed by atoms with Gasteiger partial charge in [0.05, 0.1) is 0 Å². The molecule has 0 aliphatic rings. The smallest absolute Gasteiger partial charge is 0.0487 e. The highest BCUT2D eigenvalue weighted by Gasteiger charge is 1.96. The Balaban J connectivity index is 0.000000149. The Hall–Kier alpha value is -1.78. The van der Waals surface area contributed by atoms with Gasteiger partial charge >= 0.3 is 0 Å². The van der Waals surface area contributed by atoms with Crippen LogP contribution in [-0.2, 0) is 6.54 Å². The van der Waals surface area contributed by atoms with Gasteiger partial charge in [0, 0.05) is 40.4 Å². The third-order valence-corrected chi connectivity index (χ3v) is 2.75. The number of thiol groups is 1. The summed E-state index contributed by atoms with van der Waals surface area (Å²) >= 11 is 4.08. The molecule has 0 fully saturated rings. The number of aromatic amines is 1. The van der Waals surface area contributed by atoms with Gasteiger partial charge in [0.15, 0.2) is 0 Å². The predicted octanol–water partition coefficient (Wildman–Crippen LogP) is 3.00. The van der Waals surface area contributed by atoms with Crippen molar-refractivity contribution in [2.75, 3.05) is 0 Å². The summed E-state index contributed by atoms with van der Waals surface area (Å²) < 4.78 is 0. The second kappa shape index (κ2) is 6.23. The van der Waals surface area contributed by atoms with Crippen LogP contribution in [0.2, 0.25) is 0 Å². The minimum Gasteiger partial charge on any atom is -0.357 e. The minimum absolute atomic E-state index is 0.550. The summed E-state index contributed by atoms with van der Waals surface area (Å²) in [6.45, 7) is 0.550. The molecule has 2 aromatic heterocycles. The van der Waals surface area contributed by atoms with Crippen molar-refractivity contribution in [2.45, 2.75) is 11.4 Å². The highest BCUT2D eigenvalue weighted by molar-refractivity contribution is 7.80. The highest BCUT2D eigenvalue weighted by atomic mass is 32.1. The third kappa shape index (κ3) is 3.35. The summed E-state index contributed by atoms with van der Waals surface area (Å²) in [5.41, 5.74) is 7.61. The number of nitrogens with two attached hydrogens (primary N) is 1. The normalized spacial score (nSPS) is 9.89. The average molecular weight is 257 g/mol. The summed E-state index contributed by atoms with van der Waals surface area (Å²) in [5.74, 6) is 0. The first-order valence-electron chi connectivity index (χ1n) is 5.65. The van der Waals surface area contributed by atoms with Gasteiger partial charge in [-0.3, -0.25) is 4.98 Å². The van der Waals surface area contributed by atoms with Crippen LogP contribution in [0.1, 0.15) is 5.69 Å². The molecule has 0 atom stereocenters. The first-order valence-corrected chi connectivity index (χ1v) is 6.10. The van der Waals surface area contributed by atoms with Gasteiger partial charge in [-0.2, -0.15) is 0 Å². The van der Waals surface area contributed by atoms with E-state index in [1.165, 1.54) is 0 Å². The van der Waals surface area contributed by atoms with Gasteiger partial charge in [-0.15, -0.1) is 12.6 Å². The van der Waals surface area contributed by atoms with E-state index in [9.17, 15) is 0 Å².